The Bertz CT molecular complexity index is 316. The molecule has 0 aliphatic carbocycles. The van der Waals surface area contributed by atoms with Crippen molar-refractivity contribution in [3.63, 3.8) is 0 Å². The molecule has 1 saturated heterocycles. The van der Waals surface area contributed by atoms with Gasteiger partial charge >= 0.3 is 0 Å². The largest absolute Gasteiger partial charge is 0.295 e. The van der Waals surface area contributed by atoms with E-state index in [9.17, 15) is 4.79 Å². The molecular formula is C8H8BrN3O. The van der Waals surface area contributed by atoms with Crippen LogP contribution in [-0.4, -0.2) is 27.2 Å². The number of aromatic nitrogens is 2. The van der Waals surface area contributed by atoms with Crippen molar-refractivity contribution in [2.24, 2.45) is 0 Å². The smallest absolute Gasteiger partial charge is 0.242 e. The van der Waals surface area contributed by atoms with Gasteiger partial charge in [0.25, 0.3) is 0 Å². The van der Waals surface area contributed by atoms with Crippen molar-refractivity contribution in [3.8, 4) is 0 Å². The quantitative estimate of drug-likeness (QED) is 0.689. The molecule has 1 aromatic rings. The summed E-state index contributed by atoms with van der Waals surface area (Å²) in [6.07, 6.45) is 5.61. The predicted molar refractivity (Wildman–Crippen MR) is 51.7 cm³/mol. The van der Waals surface area contributed by atoms with Gasteiger partial charge in [-0.05, 0) is 6.42 Å². The summed E-state index contributed by atoms with van der Waals surface area (Å²) in [5.74, 6) is 0.704. The molecule has 1 amide bonds. The van der Waals surface area contributed by atoms with E-state index in [1.807, 2.05) is 0 Å². The highest BCUT2D eigenvalue weighted by Gasteiger charge is 2.30. The van der Waals surface area contributed by atoms with Crippen LogP contribution in [0.4, 0.5) is 5.82 Å². The van der Waals surface area contributed by atoms with Crippen LogP contribution in [0.3, 0.4) is 0 Å². The number of nitrogens with zero attached hydrogens (tertiary/aromatic N) is 3. The molecule has 0 bridgehead atoms. The fourth-order valence-corrected chi connectivity index (χ4v) is 1.76. The lowest BCUT2D eigenvalue weighted by atomic mass is 10.4. The third-order valence-electron chi connectivity index (χ3n) is 1.97. The van der Waals surface area contributed by atoms with Crippen LogP contribution in [0, 0.1) is 0 Å². The third kappa shape index (κ3) is 1.56. The van der Waals surface area contributed by atoms with Crippen molar-refractivity contribution in [2.75, 3.05) is 11.4 Å². The summed E-state index contributed by atoms with van der Waals surface area (Å²) >= 11 is 3.30. The highest BCUT2D eigenvalue weighted by Crippen LogP contribution is 2.22. The van der Waals surface area contributed by atoms with Gasteiger partial charge in [-0.25, -0.2) is 4.98 Å². The number of anilines is 1. The molecule has 0 aromatic carbocycles. The lowest BCUT2D eigenvalue weighted by Gasteiger charge is -2.13. The second-order valence-electron chi connectivity index (χ2n) is 2.81. The summed E-state index contributed by atoms with van der Waals surface area (Å²) < 4.78 is 0. The summed E-state index contributed by atoms with van der Waals surface area (Å²) in [7, 11) is 0. The maximum Gasteiger partial charge on any atom is 0.242 e. The van der Waals surface area contributed by atoms with Gasteiger partial charge in [0.2, 0.25) is 5.91 Å². The van der Waals surface area contributed by atoms with Crippen molar-refractivity contribution in [1.29, 1.82) is 0 Å². The zero-order chi connectivity index (χ0) is 9.26. The molecule has 2 rings (SSSR count). The average Bonchev–Trinajstić information content (AvgIpc) is 2.49. The van der Waals surface area contributed by atoms with E-state index in [1.165, 1.54) is 0 Å². The van der Waals surface area contributed by atoms with Crippen LogP contribution in [0.25, 0.3) is 0 Å². The first kappa shape index (κ1) is 8.62. The molecule has 0 N–H and O–H groups in total. The normalized spacial score (nSPS) is 22.4. The molecule has 1 aromatic heterocycles. The van der Waals surface area contributed by atoms with Crippen molar-refractivity contribution < 1.29 is 4.79 Å². The Morgan fingerprint density at radius 3 is 2.92 bits per heavy atom. The van der Waals surface area contributed by atoms with E-state index in [1.54, 1.807) is 23.5 Å². The first-order chi connectivity index (χ1) is 6.29. The zero-order valence-electron chi connectivity index (χ0n) is 6.85. The van der Waals surface area contributed by atoms with E-state index in [2.05, 4.69) is 25.9 Å². The van der Waals surface area contributed by atoms with Crippen LogP contribution in [0.15, 0.2) is 18.6 Å². The monoisotopic (exact) mass is 241 g/mol. The van der Waals surface area contributed by atoms with Crippen LogP contribution in [-0.2, 0) is 4.79 Å². The summed E-state index contributed by atoms with van der Waals surface area (Å²) in [5, 5.41) is 0. The van der Waals surface area contributed by atoms with Crippen LogP contribution >= 0.6 is 15.9 Å². The van der Waals surface area contributed by atoms with Gasteiger partial charge in [0.15, 0.2) is 5.82 Å². The Hall–Kier alpha value is -0.970. The van der Waals surface area contributed by atoms with Crippen molar-refractivity contribution in [1.82, 2.24) is 9.97 Å². The van der Waals surface area contributed by atoms with Crippen molar-refractivity contribution in [2.45, 2.75) is 11.2 Å². The summed E-state index contributed by atoms with van der Waals surface area (Å²) in [6.45, 7) is 0.716. The standard InChI is InChI=1S/C8H8BrN3O/c9-6-1-4-12(8(6)13)7-5-10-2-3-11-7/h2-3,5-6H,1,4H2. The van der Waals surface area contributed by atoms with E-state index in [-0.39, 0.29) is 10.7 Å². The van der Waals surface area contributed by atoms with Gasteiger partial charge in [-0.3, -0.25) is 14.7 Å². The highest BCUT2D eigenvalue weighted by molar-refractivity contribution is 9.10. The Morgan fingerprint density at radius 2 is 2.38 bits per heavy atom. The maximum atomic E-state index is 11.5. The molecule has 1 fully saturated rings. The Balaban J connectivity index is 2.24. The Labute approximate surface area is 84.1 Å². The number of halogens is 1. The molecular weight excluding hydrogens is 234 g/mol. The molecule has 1 unspecified atom stereocenters. The molecule has 0 saturated carbocycles. The third-order valence-corrected chi connectivity index (χ3v) is 2.82. The minimum atomic E-state index is -0.0606. The van der Waals surface area contributed by atoms with E-state index < -0.39 is 0 Å². The second kappa shape index (κ2) is 3.41. The minimum Gasteiger partial charge on any atom is -0.295 e. The number of alkyl halides is 1. The number of carbonyl (C=O) groups excluding carboxylic acids is 1. The maximum absolute atomic E-state index is 11.5. The number of hydrogen-bond donors (Lipinski definition) is 0. The molecule has 1 aliphatic rings. The summed E-state index contributed by atoms with van der Waals surface area (Å²) in [4.78, 5) is 21.1. The topological polar surface area (TPSA) is 46.1 Å². The van der Waals surface area contributed by atoms with Gasteiger partial charge in [-0.1, -0.05) is 15.9 Å². The van der Waals surface area contributed by atoms with E-state index in [4.69, 9.17) is 0 Å². The lowest BCUT2D eigenvalue weighted by molar-refractivity contribution is -0.116. The molecule has 0 spiro atoms. The average molecular weight is 242 g/mol. The zero-order valence-corrected chi connectivity index (χ0v) is 8.44. The second-order valence-corrected chi connectivity index (χ2v) is 3.92. The number of rotatable bonds is 1. The van der Waals surface area contributed by atoms with Gasteiger partial charge in [-0.2, -0.15) is 0 Å². The van der Waals surface area contributed by atoms with Gasteiger partial charge < -0.3 is 0 Å². The van der Waals surface area contributed by atoms with E-state index in [0.29, 0.717) is 12.4 Å². The molecule has 5 heteroatoms. The van der Waals surface area contributed by atoms with Crippen molar-refractivity contribution in [3.05, 3.63) is 18.6 Å². The first-order valence-electron chi connectivity index (χ1n) is 4.00. The van der Waals surface area contributed by atoms with Gasteiger partial charge in [0, 0.05) is 18.9 Å². The van der Waals surface area contributed by atoms with Crippen molar-refractivity contribution >= 4 is 27.7 Å². The molecule has 68 valence electrons. The minimum absolute atomic E-state index is 0.0606. The van der Waals surface area contributed by atoms with Crippen LogP contribution in [0.1, 0.15) is 6.42 Å². The number of amides is 1. The Morgan fingerprint density at radius 1 is 1.54 bits per heavy atom. The first-order valence-corrected chi connectivity index (χ1v) is 4.92. The van der Waals surface area contributed by atoms with E-state index >= 15 is 0 Å². The van der Waals surface area contributed by atoms with Gasteiger partial charge in [0.05, 0.1) is 11.0 Å². The van der Waals surface area contributed by atoms with Gasteiger partial charge in [0.1, 0.15) is 0 Å². The molecule has 13 heavy (non-hydrogen) atoms. The van der Waals surface area contributed by atoms with Crippen LogP contribution in [0.2, 0.25) is 0 Å². The molecule has 1 atom stereocenters. The fraction of sp³-hybridized carbons (Fsp3) is 0.375. The molecule has 0 radical (unpaired) electrons. The fourth-order valence-electron chi connectivity index (χ4n) is 1.30. The SMILES string of the molecule is O=C1C(Br)CCN1c1cnccn1. The number of hydrogen-bond acceptors (Lipinski definition) is 3. The summed E-state index contributed by atoms with van der Waals surface area (Å²) in [5.41, 5.74) is 0. The lowest BCUT2D eigenvalue weighted by Crippen LogP contribution is -2.27. The van der Waals surface area contributed by atoms with Crippen LogP contribution in [0.5, 0.6) is 0 Å². The number of carbonyl (C=O) groups is 1. The molecule has 2 heterocycles. The van der Waals surface area contributed by atoms with E-state index in [0.717, 1.165) is 6.42 Å². The molecule has 1 aliphatic heterocycles. The summed E-state index contributed by atoms with van der Waals surface area (Å²) in [6, 6.07) is 0. The molecule has 4 nitrogen and oxygen atoms in total. The predicted octanol–water partition coefficient (Wildman–Crippen LogP) is 0.977. The van der Waals surface area contributed by atoms with Gasteiger partial charge in [-0.15, -0.1) is 0 Å². The van der Waals surface area contributed by atoms with Crippen LogP contribution < -0.4 is 4.90 Å². The highest BCUT2D eigenvalue weighted by atomic mass is 79.9. The Kier molecular flexibility index (Phi) is 2.26.